The molecule has 4 nitrogen and oxygen atoms in total. The summed E-state index contributed by atoms with van der Waals surface area (Å²) < 4.78 is 5.44. The van der Waals surface area contributed by atoms with Gasteiger partial charge in [0.15, 0.2) is 0 Å². The van der Waals surface area contributed by atoms with E-state index in [1.54, 1.807) is 7.11 Å². The van der Waals surface area contributed by atoms with Gasteiger partial charge in [-0.25, -0.2) is 0 Å². The van der Waals surface area contributed by atoms with Crippen LogP contribution in [0.5, 0.6) is 5.75 Å². The van der Waals surface area contributed by atoms with Crippen LogP contribution < -0.4 is 10.1 Å². The number of rotatable bonds is 4. The number of carbonyl (C=O) groups is 1. The average Bonchev–Trinajstić information content (AvgIpc) is 2.70. The van der Waals surface area contributed by atoms with Gasteiger partial charge in [0, 0.05) is 18.3 Å². The Morgan fingerprint density at radius 3 is 2.74 bits per heavy atom. The molecule has 1 heterocycles. The Morgan fingerprint density at radius 2 is 2.00 bits per heavy atom. The number of piperidine rings is 1. The molecule has 4 heteroatoms. The van der Waals surface area contributed by atoms with Gasteiger partial charge in [-0.15, -0.1) is 0 Å². The standard InChI is InChI=1S/C23H28N2O2/c1-15-14-25(16(2)23(26)24-18-7-5-4-6-8-18)19-11-17-9-10-20(27-3)13-22(17)21(15)12-19/h4-10,13,15-16,19,21H,11-12,14H2,1-3H3,(H,24,26)/t15-,16?,19-,21+/m1/s1. The maximum atomic E-state index is 12.8. The van der Waals surface area contributed by atoms with Crippen LogP contribution in [0.15, 0.2) is 48.5 Å². The molecule has 0 saturated carbocycles. The van der Waals surface area contributed by atoms with Gasteiger partial charge in [0.05, 0.1) is 13.2 Å². The molecule has 1 saturated heterocycles. The number of hydrogen-bond acceptors (Lipinski definition) is 3. The number of anilines is 1. The van der Waals surface area contributed by atoms with Gasteiger partial charge in [0.2, 0.25) is 5.91 Å². The summed E-state index contributed by atoms with van der Waals surface area (Å²) in [6.07, 6.45) is 2.12. The number of likely N-dealkylation sites (tertiary alicyclic amines) is 1. The fourth-order valence-corrected chi connectivity index (χ4v) is 4.78. The van der Waals surface area contributed by atoms with Crippen LogP contribution in [0.25, 0.3) is 0 Å². The van der Waals surface area contributed by atoms with Crippen LogP contribution in [0.1, 0.15) is 37.3 Å². The van der Waals surface area contributed by atoms with Crippen LogP contribution in [0.3, 0.4) is 0 Å². The lowest BCUT2D eigenvalue weighted by atomic mass is 9.70. The summed E-state index contributed by atoms with van der Waals surface area (Å²) in [5.74, 6) is 2.08. The second-order valence-electron chi connectivity index (χ2n) is 7.97. The summed E-state index contributed by atoms with van der Waals surface area (Å²) in [5.41, 5.74) is 3.71. The molecule has 27 heavy (non-hydrogen) atoms. The number of fused-ring (bicyclic) bond motifs is 4. The number of hydrogen-bond donors (Lipinski definition) is 1. The van der Waals surface area contributed by atoms with E-state index in [4.69, 9.17) is 4.74 Å². The molecular weight excluding hydrogens is 336 g/mol. The summed E-state index contributed by atoms with van der Waals surface area (Å²) in [7, 11) is 1.73. The van der Waals surface area contributed by atoms with Gasteiger partial charge in [-0.2, -0.15) is 0 Å². The highest BCUT2D eigenvalue weighted by Gasteiger charge is 2.41. The first-order chi connectivity index (χ1) is 13.1. The zero-order valence-corrected chi connectivity index (χ0v) is 16.3. The van der Waals surface area contributed by atoms with Crippen molar-refractivity contribution in [3.05, 3.63) is 59.7 Å². The summed E-state index contributed by atoms with van der Waals surface area (Å²) in [5, 5.41) is 3.06. The van der Waals surface area contributed by atoms with Gasteiger partial charge in [-0.1, -0.05) is 31.2 Å². The van der Waals surface area contributed by atoms with Crippen molar-refractivity contribution >= 4 is 11.6 Å². The van der Waals surface area contributed by atoms with Crippen molar-refractivity contribution in [2.24, 2.45) is 5.92 Å². The lowest BCUT2D eigenvalue weighted by Crippen LogP contribution is -2.55. The van der Waals surface area contributed by atoms with Crippen LogP contribution in [0.2, 0.25) is 0 Å². The molecule has 1 amide bonds. The first-order valence-corrected chi connectivity index (χ1v) is 9.85. The minimum absolute atomic E-state index is 0.0763. The van der Waals surface area contributed by atoms with Crippen molar-refractivity contribution in [2.75, 3.05) is 19.0 Å². The molecule has 1 fully saturated rings. The summed E-state index contributed by atoms with van der Waals surface area (Å²) in [4.78, 5) is 15.2. The van der Waals surface area contributed by atoms with Crippen molar-refractivity contribution in [3.63, 3.8) is 0 Å². The second-order valence-corrected chi connectivity index (χ2v) is 7.97. The Labute approximate surface area is 161 Å². The van der Waals surface area contributed by atoms with Crippen LogP contribution in [-0.4, -0.2) is 36.5 Å². The molecule has 4 rings (SSSR count). The average molecular weight is 364 g/mol. The molecule has 0 spiro atoms. The van der Waals surface area contributed by atoms with E-state index in [-0.39, 0.29) is 11.9 Å². The Kier molecular flexibility index (Phi) is 4.92. The van der Waals surface area contributed by atoms with E-state index >= 15 is 0 Å². The highest BCUT2D eigenvalue weighted by molar-refractivity contribution is 5.94. The van der Waals surface area contributed by atoms with Crippen LogP contribution in [0.4, 0.5) is 5.69 Å². The van der Waals surface area contributed by atoms with Crippen molar-refractivity contribution in [1.82, 2.24) is 4.90 Å². The molecule has 1 aliphatic heterocycles. The van der Waals surface area contributed by atoms with Crippen LogP contribution >= 0.6 is 0 Å². The Hall–Kier alpha value is -2.33. The number of carbonyl (C=O) groups excluding carboxylic acids is 1. The Morgan fingerprint density at radius 1 is 1.22 bits per heavy atom. The molecule has 0 radical (unpaired) electrons. The molecule has 1 N–H and O–H groups in total. The maximum Gasteiger partial charge on any atom is 0.241 e. The SMILES string of the molecule is COc1ccc2c(c1)[C@H]1C[C@@H](C2)N(C(C)C(=O)Nc2ccccc2)C[C@H]1C. The quantitative estimate of drug-likeness (QED) is 0.889. The summed E-state index contributed by atoms with van der Waals surface area (Å²) in [6.45, 7) is 5.30. The molecule has 1 unspecified atom stereocenters. The predicted octanol–water partition coefficient (Wildman–Crippen LogP) is 4.07. The molecule has 2 aromatic carbocycles. The van der Waals surface area contributed by atoms with E-state index in [2.05, 4.69) is 35.3 Å². The Balaban J connectivity index is 1.53. The first-order valence-electron chi connectivity index (χ1n) is 9.85. The third-order valence-corrected chi connectivity index (χ3v) is 6.31. The monoisotopic (exact) mass is 364 g/mol. The van der Waals surface area contributed by atoms with Crippen LogP contribution in [-0.2, 0) is 11.2 Å². The highest BCUT2D eigenvalue weighted by atomic mass is 16.5. The number of benzene rings is 2. The largest absolute Gasteiger partial charge is 0.497 e. The number of amides is 1. The van der Waals surface area contributed by atoms with Crippen LogP contribution in [0, 0.1) is 5.92 Å². The van der Waals surface area contributed by atoms with Crippen molar-refractivity contribution in [1.29, 1.82) is 0 Å². The molecule has 0 aromatic heterocycles. The predicted molar refractivity (Wildman–Crippen MR) is 108 cm³/mol. The summed E-state index contributed by atoms with van der Waals surface area (Å²) in [6, 6.07) is 16.5. The number of para-hydroxylation sites is 1. The molecule has 2 bridgehead atoms. The zero-order valence-electron chi connectivity index (χ0n) is 16.3. The van der Waals surface area contributed by atoms with E-state index in [9.17, 15) is 4.79 Å². The highest BCUT2D eigenvalue weighted by Crippen LogP contribution is 2.44. The summed E-state index contributed by atoms with van der Waals surface area (Å²) >= 11 is 0. The molecule has 1 aliphatic carbocycles. The van der Waals surface area contributed by atoms with E-state index in [0.29, 0.717) is 17.9 Å². The van der Waals surface area contributed by atoms with Crippen molar-refractivity contribution < 1.29 is 9.53 Å². The smallest absolute Gasteiger partial charge is 0.241 e. The van der Waals surface area contributed by atoms with E-state index in [0.717, 1.165) is 30.8 Å². The van der Waals surface area contributed by atoms with E-state index < -0.39 is 0 Å². The molecule has 142 valence electrons. The first kappa shape index (κ1) is 18.1. The fraction of sp³-hybridized carbons (Fsp3) is 0.435. The van der Waals surface area contributed by atoms with Gasteiger partial charge < -0.3 is 10.1 Å². The zero-order chi connectivity index (χ0) is 19.0. The minimum Gasteiger partial charge on any atom is -0.497 e. The van der Waals surface area contributed by atoms with E-state index in [1.165, 1.54) is 11.1 Å². The third kappa shape index (κ3) is 3.46. The lowest BCUT2D eigenvalue weighted by molar-refractivity contribution is -0.123. The number of ether oxygens (including phenoxy) is 1. The number of nitrogens with one attached hydrogen (secondary N) is 1. The van der Waals surface area contributed by atoms with Crippen molar-refractivity contribution in [3.8, 4) is 5.75 Å². The van der Waals surface area contributed by atoms with E-state index in [1.807, 2.05) is 37.3 Å². The van der Waals surface area contributed by atoms with Gasteiger partial charge >= 0.3 is 0 Å². The minimum atomic E-state index is -0.140. The maximum absolute atomic E-state index is 12.8. The van der Waals surface area contributed by atoms with Gasteiger partial charge in [0.1, 0.15) is 5.75 Å². The van der Waals surface area contributed by atoms with Crippen molar-refractivity contribution in [2.45, 2.75) is 44.7 Å². The third-order valence-electron chi connectivity index (χ3n) is 6.31. The topological polar surface area (TPSA) is 41.6 Å². The fourth-order valence-electron chi connectivity index (χ4n) is 4.78. The number of nitrogens with zero attached hydrogens (tertiary/aromatic N) is 1. The second kappa shape index (κ2) is 7.35. The van der Waals surface area contributed by atoms with Gasteiger partial charge in [0.25, 0.3) is 0 Å². The Bertz CT molecular complexity index is 820. The molecule has 2 aromatic rings. The molecular formula is C23H28N2O2. The molecule has 4 atom stereocenters. The number of methoxy groups -OCH3 is 1. The lowest BCUT2D eigenvalue weighted by Gasteiger charge is -2.49. The van der Waals surface area contributed by atoms with Gasteiger partial charge in [-0.05, 0) is 67.0 Å². The van der Waals surface area contributed by atoms with Gasteiger partial charge in [-0.3, -0.25) is 9.69 Å². The normalized spacial score (nSPS) is 25.4. The molecule has 2 aliphatic rings.